The molecule has 2 heterocycles. The maximum absolute atomic E-state index is 12.0. The Morgan fingerprint density at radius 2 is 2.10 bits per heavy atom. The van der Waals surface area contributed by atoms with E-state index in [2.05, 4.69) is 10.1 Å². The second kappa shape index (κ2) is 5.42. The van der Waals surface area contributed by atoms with Crippen LogP contribution in [0.2, 0.25) is 0 Å². The molecule has 1 N–H and O–H groups in total. The lowest BCUT2D eigenvalue weighted by Crippen LogP contribution is -2.12. The van der Waals surface area contributed by atoms with Gasteiger partial charge in [-0.2, -0.15) is 0 Å². The number of benzene rings is 1. The van der Waals surface area contributed by atoms with E-state index in [9.17, 15) is 4.79 Å². The molecule has 0 unspecified atom stereocenters. The Balaban J connectivity index is 1.80. The summed E-state index contributed by atoms with van der Waals surface area (Å²) in [7, 11) is 1.95. The topological polar surface area (TPSA) is 55.6 Å². The summed E-state index contributed by atoms with van der Waals surface area (Å²) >= 11 is 1.59. The fourth-order valence-electron chi connectivity index (χ4n) is 1.92. The van der Waals surface area contributed by atoms with Crippen LogP contribution >= 0.6 is 11.8 Å². The zero-order chi connectivity index (χ0) is 13.9. The van der Waals surface area contributed by atoms with Crippen LogP contribution < -0.4 is 5.56 Å². The van der Waals surface area contributed by atoms with Crippen LogP contribution in [0.1, 0.15) is 5.69 Å². The Hall–Kier alpha value is -2.21. The third-order valence-electron chi connectivity index (χ3n) is 2.92. The molecule has 0 fully saturated rings. The average molecular weight is 286 g/mol. The molecular formula is C14H14N4OS. The van der Waals surface area contributed by atoms with Crippen LogP contribution in [0.25, 0.3) is 5.69 Å². The summed E-state index contributed by atoms with van der Waals surface area (Å²) in [6, 6.07) is 11.2. The van der Waals surface area contributed by atoms with Gasteiger partial charge in [0.25, 0.3) is 5.56 Å². The third-order valence-corrected chi connectivity index (χ3v) is 4.03. The predicted octanol–water partition coefficient (Wildman–Crippen LogP) is 2.19. The molecule has 0 spiro atoms. The highest BCUT2D eigenvalue weighted by atomic mass is 32.2. The second-order valence-electron chi connectivity index (χ2n) is 4.40. The third kappa shape index (κ3) is 2.55. The highest BCUT2D eigenvalue weighted by Gasteiger charge is 2.07. The lowest BCUT2D eigenvalue weighted by molar-refractivity contribution is 0.788. The Labute approximate surface area is 120 Å². The minimum Gasteiger partial charge on any atom is -0.329 e. The molecule has 5 nitrogen and oxygen atoms in total. The maximum Gasteiger partial charge on any atom is 0.271 e. The van der Waals surface area contributed by atoms with E-state index in [-0.39, 0.29) is 5.56 Å². The number of H-pyrrole nitrogens is 1. The molecule has 102 valence electrons. The first-order valence-electron chi connectivity index (χ1n) is 6.20. The molecule has 0 aliphatic rings. The van der Waals surface area contributed by atoms with Crippen molar-refractivity contribution >= 4 is 11.8 Å². The number of thioether (sulfide) groups is 1. The van der Waals surface area contributed by atoms with Crippen molar-refractivity contribution in [2.45, 2.75) is 10.9 Å². The van der Waals surface area contributed by atoms with Gasteiger partial charge in [0, 0.05) is 37.0 Å². The van der Waals surface area contributed by atoms with Crippen molar-refractivity contribution in [1.29, 1.82) is 0 Å². The van der Waals surface area contributed by atoms with Gasteiger partial charge in [-0.1, -0.05) is 30.0 Å². The predicted molar refractivity (Wildman–Crippen MR) is 79.2 cm³/mol. The van der Waals surface area contributed by atoms with E-state index in [0.29, 0.717) is 5.75 Å². The van der Waals surface area contributed by atoms with E-state index in [1.807, 2.05) is 48.1 Å². The molecule has 3 aromatic rings. The maximum atomic E-state index is 12.0. The largest absolute Gasteiger partial charge is 0.329 e. The van der Waals surface area contributed by atoms with Gasteiger partial charge in [-0.15, -0.1) is 0 Å². The van der Waals surface area contributed by atoms with E-state index in [1.54, 1.807) is 28.7 Å². The Kier molecular flexibility index (Phi) is 3.47. The Morgan fingerprint density at radius 3 is 2.80 bits per heavy atom. The van der Waals surface area contributed by atoms with Crippen molar-refractivity contribution in [1.82, 2.24) is 19.3 Å². The van der Waals surface area contributed by atoms with Gasteiger partial charge >= 0.3 is 0 Å². The summed E-state index contributed by atoms with van der Waals surface area (Å²) in [4.78, 5) is 16.2. The van der Waals surface area contributed by atoms with Crippen molar-refractivity contribution in [3.05, 3.63) is 64.8 Å². The summed E-state index contributed by atoms with van der Waals surface area (Å²) in [5, 5.41) is 4.05. The minimum atomic E-state index is -0.0494. The smallest absolute Gasteiger partial charge is 0.271 e. The molecule has 0 bridgehead atoms. The molecule has 0 radical (unpaired) electrons. The van der Waals surface area contributed by atoms with Crippen LogP contribution in [0.3, 0.4) is 0 Å². The highest BCUT2D eigenvalue weighted by molar-refractivity contribution is 7.98. The van der Waals surface area contributed by atoms with Crippen molar-refractivity contribution in [3.8, 4) is 5.69 Å². The summed E-state index contributed by atoms with van der Waals surface area (Å²) in [6.07, 6.45) is 3.67. The fraction of sp³-hybridized carbons (Fsp3) is 0.143. The number of para-hydroxylation sites is 1. The lowest BCUT2D eigenvalue weighted by atomic mass is 10.3. The zero-order valence-corrected chi connectivity index (χ0v) is 11.8. The van der Waals surface area contributed by atoms with Crippen LogP contribution in [0.4, 0.5) is 0 Å². The molecule has 0 saturated heterocycles. The number of nitrogens with one attached hydrogen (secondary N) is 1. The van der Waals surface area contributed by atoms with E-state index in [4.69, 9.17) is 0 Å². The highest BCUT2D eigenvalue weighted by Crippen LogP contribution is 2.19. The van der Waals surface area contributed by atoms with E-state index >= 15 is 0 Å². The summed E-state index contributed by atoms with van der Waals surface area (Å²) in [5.41, 5.74) is 1.67. The van der Waals surface area contributed by atoms with Crippen LogP contribution in [-0.4, -0.2) is 19.3 Å². The van der Waals surface area contributed by atoms with Gasteiger partial charge in [-0.3, -0.25) is 9.89 Å². The number of nitrogens with zero attached hydrogens (tertiary/aromatic N) is 3. The zero-order valence-electron chi connectivity index (χ0n) is 11.0. The fourth-order valence-corrected chi connectivity index (χ4v) is 2.75. The number of rotatable bonds is 4. The summed E-state index contributed by atoms with van der Waals surface area (Å²) in [5.74, 6) is 0.680. The molecule has 2 aromatic heterocycles. The quantitative estimate of drug-likeness (QED) is 0.748. The van der Waals surface area contributed by atoms with Gasteiger partial charge < -0.3 is 4.57 Å². The van der Waals surface area contributed by atoms with E-state index < -0.39 is 0 Å². The second-order valence-corrected chi connectivity index (χ2v) is 5.34. The first kappa shape index (κ1) is 12.8. The van der Waals surface area contributed by atoms with Gasteiger partial charge in [-0.25, -0.2) is 9.67 Å². The number of imidazole rings is 1. The van der Waals surface area contributed by atoms with Crippen molar-refractivity contribution in [3.63, 3.8) is 0 Å². The van der Waals surface area contributed by atoms with Crippen LogP contribution in [0.15, 0.2) is 58.7 Å². The number of aromatic nitrogens is 4. The molecule has 6 heteroatoms. The molecule has 0 amide bonds. The molecule has 0 aliphatic carbocycles. The minimum absolute atomic E-state index is 0.0494. The molecule has 0 atom stereocenters. The summed E-state index contributed by atoms with van der Waals surface area (Å²) in [6.45, 7) is 0. The van der Waals surface area contributed by atoms with Crippen LogP contribution in [0.5, 0.6) is 0 Å². The van der Waals surface area contributed by atoms with Crippen molar-refractivity contribution < 1.29 is 0 Å². The van der Waals surface area contributed by atoms with Gasteiger partial charge in [0.1, 0.15) is 0 Å². The number of hydrogen-bond donors (Lipinski definition) is 1. The number of hydrogen-bond acceptors (Lipinski definition) is 3. The number of aromatic amines is 1. The lowest BCUT2D eigenvalue weighted by Gasteiger charge is -2.02. The summed E-state index contributed by atoms with van der Waals surface area (Å²) < 4.78 is 3.51. The van der Waals surface area contributed by atoms with Gasteiger partial charge in [0.2, 0.25) is 0 Å². The molecule has 0 aliphatic heterocycles. The van der Waals surface area contributed by atoms with Gasteiger partial charge in [0.15, 0.2) is 5.16 Å². The first-order chi connectivity index (χ1) is 9.74. The van der Waals surface area contributed by atoms with E-state index in [0.717, 1.165) is 16.5 Å². The monoisotopic (exact) mass is 286 g/mol. The Morgan fingerprint density at radius 1 is 1.30 bits per heavy atom. The van der Waals surface area contributed by atoms with Crippen LogP contribution in [-0.2, 0) is 12.8 Å². The molecule has 3 rings (SSSR count). The van der Waals surface area contributed by atoms with Crippen LogP contribution in [0, 0.1) is 0 Å². The number of aryl methyl sites for hydroxylation is 1. The van der Waals surface area contributed by atoms with Crippen molar-refractivity contribution in [2.24, 2.45) is 7.05 Å². The van der Waals surface area contributed by atoms with Crippen molar-refractivity contribution in [2.75, 3.05) is 0 Å². The van der Waals surface area contributed by atoms with E-state index in [1.165, 1.54) is 0 Å². The molecular weight excluding hydrogens is 272 g/mol. The SMILES string of the molecule is Cn1ccnc1SCc1cc(=O)n(-c2ccccc2)[nH]1. The molecule has 20 heavy (non-hydrogen) atoms. The van der Waals surface area contributed by atoms with Gasteiger partial charge in [0.05, 0.1) is 5.69 Å². The standard InChI is InChI=1S/C14H14N4OS/c1-17-8-7-15-14(17)20-10-11-9-13(19)18(16-11)12-5-3-2-4-6-12/h2-9,16H,10H2,1H3. The van der Waals surface area contributed by atoms with Gasteiger partial charge in [-0.05, 0) is 12.1 Å². The average Bonchev–Trinajstić information content (AvgIpc) is 3.03. The normalized spacial score (nSPS) is 10.8. The molecule has 0 saturated carbocycles. The first-order valence-corrected chi connectivity index (χ1v) is 7.19. The molecule has 1 aromatic carbocycles. The Bertz CT molecular complexity index is 757.